The number of aliphatic carboxylic acids is 1. The first-order chi connectivity index (χ1) is 16.4. The Morgan fingerprint density at radius 2 is 2.06 bits per heavy atom. The molecule has 0 bridgehead atoms. The predicted molar refractivity (Wildman–Crippen MR) is 139 cm³/mol. The van der Waals surface area contributed by atoms with Crippen molar-refractivity contribution in [3.8, 4) is 0 Å². The van der Waals surface area contributed by atoms with Crippen molar-refractivity contribution >= 4 is 57.7 Å². The van der Waals surface area contributed by atoms with Crippen LogP contribution in [0.5, 0.6) is 0 Å². The molecule has 1 N–H and O–H groups in total. The van der Waals surface area contributed by atoms with E-state index in [2.05, 4.69) is 11.1 Å². The lowest BCUT2D eigenvalue weighted by Gasteiger charge is -2.42. The fourth-order valence-electron chi connectivity index (χ4n) is 4.36. The number of benzene rings is 1. The fourth-order valence-corrected chi connectivity index (χ4v) is 5.41. The molecule has 1 aliphatic rings. The standard InChI is InChI=1S/C24H28Cl2N4O3S/c1-28-17(14-16-4-3-8-27-23(16)28)15-18-19(25)5-6-20(22(18)26)30(29-9-11-33-12-10-29)21(24(31)32)7-13-34-2/h3-6,8,14,21H,7,9-13,15H2,1-2H3,(H,31,32)/t21-/m0/s1. The molecule has 1 fully saturated rings. The molecule has 1 aromatic carbocycles. The molecule has 0 saturated carbocycles. The highest BCUT2D eigenvalue weighted by molar-refractivity contribution is 7.98. The molecule has 10 heteroatoms. The number of carboxylic acid groups (broad SMARTS) is 1. The van der Waals surface area contributed by atoms with E-state index < -0.39 is 12.0 Å². The number of fused-ring (bicyclic) bond motifs is 1. The number of rotatable bonds is 9. The Hall–Kier alpha value is -1.97. The van der Waals surface area contributed by atoms with Gasteiger partial charge in [-0.3, -0.25) is 5.01 Å². The van der Waals surface area contributed by atoms with Crippen molar-refractivity contribution in [3.05, 3.63) is 57.8 Å². The highest BCUT2D eigenvalue weighted by Gasteiger charge is 2.33. The maximum atomic E-state index is 12.4. The molecule has 0 aliphatic carbocycles. The average Bonchev–Trinajstić information content (AvgIpc) is 3.16. The third-order valence-corrected chi connectivity index (χ3v) is 7.55. The Balaban J connectivity index is 1.77. The van der Waals surface area contributed by atoms with Crippen LogP contribution >= 0.6 is 35.0 Å². The van der Waals surface area contributed by atoms with Crippen LogP contribution in [0.15, 0.2) is 36.5 Å². The molecule has 0 spiro atoms. The van der Waals surface area contributed by atoms with Gasteiger partial charge in [-0.1, -0.05) is 23.2 Å². The number of nitrogens with zero attached hydrogens (tertiary/aromatic N) is 4. The van der Waals surface area contributed by atoms with Crippen molar-refractivity contribution in [2.75, 3.05) is 43.3 Å². The van der Waals surface area contributed by atoms with Gasteiger partial charge in [0.25, 0.3) is 0 Å². The molecular formula is C24H28Cl2N4O3S. The Kier molecular flexibility index (Phi) is 8.26. The van der Waals surface area contributed by atoms with E-state index in [1.165, 1.54) is 0 Å². The molecule has 34 heavy (non-hydrogen) atoms. The summed E-state index contributed by atoms with van der Waals surface area (Å²) in [6, 6.07) is 8.89. The van der Waals surface area contributed by atoms with Gasteiger partial charge >= 0.3 is 5.97 Å². The van der Waals surface area contributed by atoms with Gasteiger partial charge in [0.15, 0.2) is 0 Å². The molecule has 7 nitrogen and oxygen atoms in total. The molecule has 4 rings (SSSR count). The Morgan fingerprint density at radius 3 is 2.74 bits per heavy atom. The molecule has 3 aromatic rings. The second-order valence-corrected chi connectivity index (χ2v) is 9.96. The van der Waals surface area contributed by atoms with Gasteiger partial charge in [0.1, 0.15) is 11.7 Å². The lowest BCUT2D eigenvalue weighted by molar-refractivity contribution is -0.140. The van der Waals surface area contributed by atoms with Crippen LogP contribution in [0.3, 0.4) is 0 Å². The number of halogens is 2. The molecule has 0 unspecified atom stereocenters. The molecule has 1 saturated heterocycles. The molecule has 3 heterocycles. The zero-order chi connectivity index (χ0) is 24.2. The normalized spacial score (nSPS) is 15.5. The minimum absolute atomic E-state index is 0.465. The Morgan fingerprint density at radius 1 is 1.29 bits per heavy atom. The summed E-state index contributed by atoms with van der Waals surface area (Å²) >= 11 is 15.3. The summed E-state index contributed by atoms with van der Waals surface area (Å²) in [6.07, 6.45) is 4.73. The van der Waals surface area contributed by atoms with Crippen molar-refractivity contribution in [2.24, 2.45) is 7.05 Å². The second kappa shape index (κ2) is 11.2. The summed E-state index contributed by atoms with van der Waals surface area (Å²) in [7, 11) is 1.97. The van der Waals surface area contributed by atoms with E-state index in [0.29, 0.717) is 54.9 Å². The van der Waals surface area contributed by atoms with Crippen LogP contribution in [0.4, 0.5) is 5.69 Å². The van der Waals surface area contributed by atoms with Gasteiger partial charge in [-0.05, 0) is 54.3 Å². The number of aromatic nitrogens is 2. The van der Waals surface area contributed by atoms with E-state index in [9.17, 15) is 9.90 Å². The molecule has 0 amide bonds. The number of carboxylic acids is 1. The van der Waals surface area contributed by atoms with E-state index in [1.54, 1.807) is 24.0 Å². The van der Waals surface area contributed by atoms with E-state index in [1.807, 2.05) is 46.1 Å². The summed E-state index contributed by atoms with van der Waals surface area (Å²) in [4.78, 5) is 16.8. The number of ether oxygens (including phenoxy) is 1. The Labute approximate surface area is 213 Å². The van der Waals surface area contributed by atoms with Crippen molar-refractivity contribution < 1.29 is 14.6 Å². The van der Waals surface area contributed by atoms with Gasteiger partial charge < -0.3 is 14.4 Å². The van der Waals surface area contributed by atoms with Gasteiger partial charge in [0, 0.05) is 48.9 Å². The second-order valence-electron chi connectivity index (χ2n) is 8.19. The predicted octanol–water partition coefficient (Wildman–Crippen LogP) is 4.73. The van der Waals surface area contributed by atoms with Crippen LogP contribution in [-0.4, -0.2) is 70.0 Å². The first-order valence-electron chi connectivity index (χ1n) is 11.1. The number of thioether (sulfide) groups is 1. The van der Waals surface area contributed by atoms with Crippen LogP contribution in [-0.2, 0) is 23.0 Å². The number of pyridine rings is 1. The van der Waals surface area contributed by atoms with Crippen molar-refractivity contribution in [1.29, 1.82) is 0 Å². The summed E-state index contributed by atoms with van der Waals surface area (Å²) in [5, 5.41) is 16.1. The largest absolute Gasteiger partial charge is 0.480 e. The summed E-state index contributed by atoms with van der Waals surface area (Å²) in [5.41, 5.74) is 3.32. The maximum absolute atomic E-state index is 12.4. The van der Waals surface area contributed by atoms with Gasteiger partial charge in [-0.15, -0.1) is 0 Å². The number of anilines is 1. The number of hydrazine groups is 1. The number of hydrogen-bond acceptors (Lipinski definition) is 6. The van der Waals surface area contributed by atoms with Crippen molar-refractivity contribution in [2.45, 2.75) is 18.9 Å². The number of hydrogen-bond donors (Lipinski definition) is 1. The highest BCUT2D eigenvalue weighted by Crippen LogP contribution is 2.38. The first kappa shape index (κ1) is 25.1. The molecule has 0 radical (unpaired) electrons. The van der Waals surface area contributed by atoms with Gasteiger partial charge in [-0.25, -0.2) is 14.8 Å². The highest BCUT2D eigenvalue weighted by atomic mass is 35.5. The third kappa shape index (κ3) is 5.16. The smallest absolute Gasteiger partial charge is 0.327 e. The lowest BCUT2D eigenvalue weighted by atomic mass is 10.1. The summed E-state index contributed by atoms with van der Waals surface area (Å²) in [5.74, 6) is -0.161. The van der Waals surface area contributed by atoms with Crippen LogP contribution in [0.1, 0.15) is 17.7 Å². The molecule has 2 aromatic heterocycles. The van der Waals surface area contributed by atoms with Crippen LogP contribution in [0.2, 0.25) is 10.0 Å². The Bertz CT molecular complexity index is 1170. The van der Waals surface area contributed by atoms with E-state index in [-0.39, 0.29) is 0 Å². The van der Waals surface area contributed by atoms with Gasteiger partial charge in [-0.2, -0.15) is 11.8 Å². The summed E-state index contributed by atoms with van der Waals surface area (Å²) in [6.45, 7) is 2.25. The van der Waals surface area contributed by atoms with Crippen LogP contribution in [0, 0.1) is 0 Å². The van der Waals surface area contributed by atoms with Gasteiger partial charge in [0.2, 0.25) is 0 Å². The number of aryl methyl sites for hydroxylation is 1. The fraction of sp³-hybridized carbons (Fsp3) is 0.417. The molecular weight excluding hydrogens is 495 g/mol. The zero-order valence-electron chi connectivity index (χ0n) is 19.2. The molecule has 1 atom stereocenters. The average molecular weight is 523 g/mol. The van der Waals surface area contributed by atoms with E-state index in [4.69, 9.17) is 27.9 Å². The molecule has 182 valence electrons. The minimum Gasteiger partial charge on any atom is -0.480 e. The maximum Gasteiger partial charge on any atom is 0.327 e. The van der Waals surface area contributed by atoms with Gasteiger partial charge in [0.05, 0.1) is 23.9 Å². The number of carbonyl (C=O) groups is 1. The first-order valence-corrected chi connectivity index (χ1v) is 13.3. The molecule has 1 aliphatic heterocycles. The van der Waals surface area contributed by atoms with Crippen LogP contribution in [0.25, 0.3) is 11.0 Å². The minimum atomic E-state index is -0.882. The van der Waals surface area contributed by atoms with Crippen molar-refractivity contribution in [3.63, 3.8) is 0 Å². The summed E-state index contributed by atoms with van der Waals surface area (Å²) < 4.78 is 7.55. The zero-order valence-corrected chi connectivity index (χ0v) is 21.5. The lowest BCUT2D eigenvalue weighted by Crippen LogP contribution is -2.56. The SMILES string of the molecule is CSCC[C@@H](C(=O)O)N(c1ccc(Cl)c(Cc2cc3cccnc3n2C)c1Cl)N1CCOCC1. The van der Waals surface area contributed by atoms with Crippen LogP contribution < -0.4 is 5.01 Å². The van der Waals surface area contributed by atoms with E-state index in [0.717, 1.165) is 28.0 Å². The topological polar surface area (TPSA) is 70.8 Å². The quantitative estimate of drug-likeness (QED) is 0.435. The van der Waals surface area contributed by atoms with Crippen molar-refractivity contribution in [1.82, 2.24) is 14.6 Å². The monoisotopic (exact) mass is 522 g/mol. The third-order valence-electron chi connectivity index (χ3n) is 6.13. The van der Waals surface area contributed by atoms with E-state index >= 15 is 0 Å². The number of morpholine rings is 1.